The second-order valence-corrected chi connectivity index (χ2v) is 12.9. The smallest absolute Gasteiger partial charge is 0.271 e. The molecule has 0 radical (unpaired) electrons. The van der Waals surface area contributed by atoms with Gasteiger partial charge in [0.05, 0.1) is 10.9 Å². The number of fused-ring (bicyclic) bond motifs is 1. The Balaban J connectivity index is 1.17. The SMILES string of the molecule is Cc1cc(C(=O)NC2CCC2)ccc1-c1ccc(CC(NC(=O)C2CCC(CN)CC2)C(=O)Nc2ccc3c(=O)[nH][nH]c3c2)cc1. The molecule has 0 spiro atoms. The van der Waals surface area contributed by atoms with Crippen LogP contribution in [0, 0.1) is 18.8 Å². The average molecular weight is 623 g/mol. The van der Waals surface area contributed by atoms with Gasteiger partial charge in [-0.2, -0.15) is 0 Å². The van der Waals surface area contributed by atoms with Gasteiger partial charge in [-0.3, -0.25) is 29.4 Å². The third-order valence-electron chi connectivity index (χ3n) is 9.66. The zero-order chi connectivity index (χ0) is 32.2. The van der Waals surface area contributed by atoms with E-state index in [0.717, 1.165) is 60.8 Å². The quantitative estimate of drug-likeness (QED) is 0.153. The van der Waals surface area contributed by atoms with Gasteiger partial charge in [0.25, 0.3) is 11.5 Å². The molecule has 1 heterocycles. The number of carbonyl (C=O) groups excluding carboxylic acids is 3. The number of H-pyrrole nitrogens is 2. The van der Waals surface area contributed by atoms with E-state index in [0.29, 0.717) is 41.0 Å². The average Bonchev–Trinajstić information content (AvgIpc) is 3.42. The van der Waals surface area contributed by atoms with Crippen molar-refractivity contribution < 1.29 is 14.4 Å². The third kappa shape index (κ3) is 7.07. The Hall–Kier alpha value is -4.70. The normalized spacial score (nSPS) is 18.8. The molecule has 1 atom stereocenters. The van der Waals surface area contributed by atoms with Crippen molar-refractivity contribution in [3.63, 3.8) is 0 Å². The number of benzene rings is 3. The number of amides is 3. The lowest BCUT2D eigenvalue weighted by Crippen LogP contribution is -2.48. The lowest BCUT2D eigenvalue weighted by Gasteiger charge is -2.28. The number of nitrogens with two attached hydrogens (primary N) is 1. The van der Waals surface area contributed by atoms with E-state index in [4.69, 9.17) is 5.73 Å². The van der Waals surface area contributed by atoms with E-state index in [2.05, 4.69) is 26.1 Å². The van der Waals surface area contributed by atoms with Crippen molar-refractivity contribution >= 4 is 34.3 Å². The van der Waals surface area contributed by atoms with Crippen molar-refractivity contribution in [1.82, 2.24) is 20.8 Å². The van der Waals surface area contributed by atoms with Crippen LogP contribution in [0.5, 0.6) is 0 Å². The molecule has 0 aliphatic heterocycles. The number of nitrogens with one attached hydrogen (secondary N) is 5. The van der Waals surface area contributed by atoms with Gasteiger partial charge in [0.15, 0.2) is 0 Å². The molecule has 2 fully saturated rings. The number of rotatable bonds is 10. The molecule has 10 nitrogen and oxygen atoms in total. The van der Waals surface area contributed by atoms with Crippen LogP contribution in [-0.4, -0.2) is 46.5 Å². The van der Waals surface area contributed by atoms with Crippen LogP contribution < -0.4 is 27.2 Å². The first-order valence-corrected chi connectivity index (χ1v) is 16.3. The Bertz CT molecular complexity index is 1780. The van der Waals surface area contributed by atoms with Gasteiger partial charge in [-0.15, -0.1) is 0 Å². The lowest BCUT2D eigenvalue weighted by molar-refractivity contribution is -0.130. The minimum absolute atomic E-state index is 0.0326. The van der Waals surface area contributed by atoms with Crippen molar-refractivity contribution in [1.29, 1.82) is 0 Å². The van der Waals surface area contributed by atoms with Crippen molar-refractivity contribution in [3.05, 3.63) is 87.7 Å². The van der Waals surface area contributed by atoms with Gasteiger partial charge in [0.2, 0.25) is 11.8 Å². The van der Waals surface area contributed by atoms with Gasteiger partial charge in [-0.1, -0.05) is 30.3 Å². The Kier molecular flexibility index (Phi) is 9.35. The molecule has 6 rings (SSSR count). The molecule has 7 N–H and O–H groups in total. The number of aromatic amines is 2. The van der Waals surface area contributed by atoms with Crippen molar-refractivity contribution in [2.75, 3.05) is 11.9 Å². The summed E-state index contributed by atoms with van der Waals surface area (Å²) in [4.78, 5) is 51.5. The van der Waals surface area contributed by atoms with Gasteiger partial charge in [-0.25, -0.2) is 0 Å². The molecule has 3 amide bonds. The van der Waals surface area contributed by atoms with E-state index in [-0.39, 0.29) is 35.2 Å². The molecule has 240 valence electrons. The highest BCUT2D eigenvalue weighted by atomic mass is 16.2. The summed E-state index contributed by atoms with van der Waals surface area (Å²) in [5.74, 6) is -0.189. The van der Waals surface area contributed by atoms with Crippen LogP contribution in [0.3, 0.4) is 0 Å². The molecule has 1 unspecified atom stereocenters. The van der Waals surface area contributed by atoms with Crippen LogP contribution in [0.15, 0.2) is 65.5 Å². The lowest BCUT2D eigenvalue weighted by atomic mass is 9.81. The van der Waals surface area contributed by atoms with Gasteiger partial charge in [0.1, 0.15) is 6.04 Å². The summed E-state index contributed by atoms with van der Waals surface area (Å²) >= 11 is 0. The first-order chi connectivity index (χ1) is 22.3. The molecule has 46 heavy (non-hydrogen) atoms. The summed E-state index contributed by atoms with van der Waals surface area (Å²) in [6.07, 6.45) is 6.90. The fraction of sp³-hybridized carbons (Fsp3) is 0.389. The first kappa shape index (κ1) is 31.3. The van der Waals surface area contributed by atoms with E-state index < -0.39 is 6.04 Å². The Morgan fingerprint density at radius 2 is 1.67 bits per heavy atom. The van der Waals surface area contributed by atoms with Crippen molar-refractivity contribution in [2.45, 2.75) is 70.4 Å². The van der Waals surface area contributed by atoms with Gasteiger partial charge < -0.3 is 21.7 Å². The third-order valence-corrected chi connectivity index (χ3v) is 9.66. The maximum atomic E-state index is 13.6. The standard InChI is InChI=1S/C36H42N6O4/c1-21-17-26(34(44)38-27-3-2-4-27)13-15-29(21)24-9-5-22(6-10-24)18-32(40-33(43)25-11-7-23(20-37)8-12-25)36(46)39-28-14-16-30-31(19-28)41-42-35(30)45/h5-6,9-10,13-17,19,23,25,27,32H,2-4,7-8,11-12,18,20,37H2,1H3,(H,38,44)(H,39,46)(H,40,43)(H2,41,42,45). The highest BCUT2D eigenvalue weighted by Gasteiger charge is 2.29. The minimum Gasteiger partial charge on any atom is -0.349 e. The molecule has 0 saturated heterocycles. The largest absolute Gasteiger partial charge is 0.349 e. The summed E-state index contributed by atoms with van der Waals surface area (Å²) in [6, 6.07) is 18.2. The van der Waals surface area contributed by atoms with E-state index in [9.17, 15) is 19.2 Å². The van der Waals surface area contributed by atoms with Crippen LogP contribution in [0.25, 0.3) is 22.0 Å². The topological polar surface area (TPSA) is 162 Å². The van der Waals surface area contributed by atoms with Crippen molar-refractivity contribution in [2.24, 2.45) is 17.6 Å². The molecular formula is C36H42N6O4. The van der Waals surface area contributed by atoms with Crippen molar-refractivity contribution in [3.8, 4) is 11.1 Å². The van der Waals surface area contributed by atoms with E-state index >= 15 is 0 Å². The molecular weight excluding hydrogens is 580 g/mol. The predicted molar refractivity (Wildman–Crippen MR) is 179 cm³/mol. The Morgan fingerprint density at radius 3 is 2.35 bits per heavy atom. The zero-order valence-electron chi connectivity index (χ0n) is 26.2. The molecule has 2 saturated carbocycles. The van der Waals surface area contributed by atoms with Gasteiger partial charge in [-0.05, 0) is 117 Å². The molecule has 3 aromatic carbocycles. The molecule has 10 heteroatoms. The fourth-order valence-electron chi connectivity index (χ4n) is 6.51. The first-order valence-electron chi connectivity index (χ1n) is 16.3. The predicted octanol–water partition coefficient (Wildman–Crippen LogP) is 4.55. The van der Waals surface area contributed by atoms with Crippen LogP contribution in [0.2, 0.25) is 0 Å². The van der Waals surface area contributed by atoms with E-state index in [1.807, 2.05) is 49.4 Å². The molecule has 4 aromatic rings. The maximum absolute atomic E-state index is 13.6. The second kappa shape index (κ2) is 13.7. The van der Waals surface area contributed by atoms with Crippen LogP contribution in [0.1, 0.15) is 66.4 Å². The second-order valence-electron chi connectivity index (χ2n) is 12.9. The highest BCUT2D eigenvalue weighted by molar-refractivity contribution is 5.99. The summed E-state index contributed by atoms with van der Waals surface area (Å²) in [5.41, 5.74) is 11.3. The van der Waals surface area contributed by atoms with Crippen LogP contribution >= 0.6 is 0 Å². The number of aromatic nitrogens is 2. The Morgan fingerprint density at radius 1 is 0.913 bits per heavy atom. The number of hydrogen-bond acceptors (Lipinski definition) is 5. The number of anilines is 1. The monoisotopic (exact) mass is 622 g/mol. The highest BCUT2D eigenvalue weighted by Crippen LogP contribution is 2.29. The molecule has 2 aliphatic rings. The summed E-state index contributed by atoms with van der Waals surface area (Å²) in [5, 5.41) is 14.9. The van der Waals surface area contributed by atoms with Gasteiger partial charge >= 0.3 is 0 Å². The zero-order valence-corrected chi connectivity index (χ0v) is 26.2. The molecule has 0 bridgehead atoms. The van der Waals surface area contributed by atoms with E-state index in [1.54, 1.807) is 18.2 Å². The fourth-order valence-corrected chi connectivity index (χ4v) is 6.51. The minimum atomic E-state index is -0.804. The summed E-state index contributed by atoms with van der Waals surface area (Å²) < 4.78 is 0. The number of hydrogen-bond donors (Lipinski definition) is 6. The number of aryl methyl sites for hydroxylation is 1. The number of carbonyl (C=O) groups is 3. The molecule has 1 aromatic heterocycles. The summed E-state index contributed by atoms with van der Waals surface area (Å²) in [7, 11) is 0. The van der Waals surface area contributed by atoms with Gasteiger partial charge in [0, 0.05) is 29.6 Å². The Labute approximate surface area is 267 Å². The molecule has 2 aliphatic carbocycles. The summed E-state index contributed by atoms with van der Waals surface area (Å²) in [6.45, 7) is 2.63. The van der Waals surface area contributed by atoms with Crippen LogP contribution in [0.4, 0.5) is 5.69 Å². The van der Waals surface area contributed by atoms with E-state index in [1.165, 1.54) is 6.42 Å². The van der Waals surface area contributed by atoms with Crippen LogP contribution in [-0.2, 0) is 16.0 Å². The maximum Gasteiger partial charge on any atom is 0.271 e.